The number of carbonyl (C=O) groups is 1. The Morgan fingerprint density at radius 3 is 2.62 bits per heavy atom. The van der Waals surface area contributed by atoms with Crippen molar-refractivity contribution < 1.29 is 17.9 Å². The van der Waals surface area contributed by atoms with Crippen molar-refractivity contribution in [3.8, 4) is 0 Å². The molecule has 1 aliphatic rings. The van der Waals surface area contributed by atoms with Crippen molar-refractivity contribution in [3.63, 3.8) is 0 Å². The van der Waals surface area contributed by atoms with Crippen molar-refractivity contribution in [2.24, 2.45) is 5.41 Å². The van der Waals surface area contributed by atoms with Crippen LogP contribution in [-0.4, -0.2) is 28.0 Å². The predicted octanol–water partition coefficient (Wildman–Crippen LogP) is 1.52. The topological polar surface area (TPSA) is 98.5 Å². The zero-order valence-corrected chi connectivity index (χ0v) is 13.0. The van der Waals surface area contributed by atoms with Crippen molar-refractivity contribution in [1.29, 1.82) is 0 Å². The van der Waals surface area contributed by atoms with Gasteiger partial charge in [0.2, 0.25) is 10.0 Å². The minimum Gasteiger partial charge on any atom is -0.465 e. The molecule has 1 fully saturated rings. The molecule has 116 valence electrons. The van der Waals surface area contributed by atoms with E-state index in [0.29, 0.717) is 6.54 Å². The Bertz CT molecular complexity index is 651. The molecular formula is C14H20N2O4S. The van der Waals surface area contributed by atoms with Crippen molar-refractivity contribution in [2.45, 2.75) is 31.1 Å². The smallest absolute Gasteiger partial charge is 0.339 e. The molecule has 0 aromatic heterocycles. The summed E-state index contributed by atoms with van der Waals surface area (Å²) in [6.07, 6.45) is 3.11. The van der Waals surface area contributed by atoms with Gasteiger partial charge < -0.3 is 10.5 Å². The second-order valence-electron chi connectivity index (χ2n) is 5.74. The first-order valence-electron chi connectivity index (χ1n) is 6.75. The van der Waals surface area contributed by atoms with E-state index in [9.17, 15) is 13.2 Å². The van der Waals surface area contributed by atoms with Gasteiger partial charge in [-0.05, 0) is 36.5 Å². The number of benzene rings is 1. The predicted molar refractivity (Wildman–Crippen MR) is 79.3 cm³/mol. The van der Waals surface area contributed by atoms with Crippen molar-refractivity contribution in [2.75, 3.05) is 19.4 Å². The Kier molecular flexibility index (Phi) is 4.25. The van der Waals surface area contributed by atoms with E-state index >= 15 is 0 Å². The van der Waals surface area contributed by atoms with Gasteiger partial charge >= 0.3 is 5.97 Å². The Balaban J connectivity index is 2.30. The highest BCUT2D eigenvalue weighted by Gasteiger charge is 2.34. The van der Waals surface area contributed by atoms with Gasteiger partial charge in [0.15, 0.2) is 0 Å². The number of nitrogens with one attached hydrogen (secondary N) is 1. The maximum atomic E-state index is 12.4. The summed E-state index contributed by atoms with van der Waals surface area (Å²) in [6, 6.07) is 4.11. The fourth-order valence-electron chi connectivity index (χ4n) is 2.34. The molecule has 1 saturated carbocycles. The average Bonchev–Trinajstić information content (AvgIpc) is 2.42. The third kappa shape index (κ3) is 3.36. The number of esters is 1. The number of anilines is 1. The lowest BCUT2D eigenvalue weighted by Crippen LogP contribution is -2.40. The first-order valence-corrected chi connectivity index (χ1v) is 8.23. The second kappa shape index (κ2) is 5.65. The van der Waals surface area contributed by atoms with Gasteiger partial charge in [0.1, 0.15) is 0 Å². The molecule has 0 amide bonds. The van der Waals surface area contributed by atoms with Crippen LogP contribution < -0.4 is 10.5 Å². The molecule has 0 aliphatic heterocycles. The van der Waals surface area contributed by atoms with Crippen molar-refractivity contribution >= 4 is 21.7 Å². The maximum Gasteiger partial charge on any atom is 0.339 e. The number of carbonyl (C=O) groups excluding carboxylic acids is 1. The van der Waals surface area contributed by atoms with Crippen LogP contribution >= 0.6 is 0 Å². The van der Waals surface area contributed by atoms with Crippen LogP contribution in [-0.2, 0) is 14.8 Å². The SMILES string of the molecule is COC(=O)c1ccc(N)cc1S(=O)(=O)NCC1(C)CCC1. The zero-order valence-electron chi connectivity index (χ0n) is 12.2. The maximum absolute atomic E-state index is 12.4. The summed E-state index contributed by atoms with van der Waals surface area (Å²) in [5.74, 6) is -0.703. The van der Waals surface area contributed by atoms with Crippen LogP contribution in [0.5, 0.6) is 0 Å². The summed E-state index contributed by atoms with van der Waals surface area (Å²) >= 11 is 0. The van der Waals surface area contributed by atoms with E-state index in [1.807, 2.05) is 6.92 Å². The molecule has 21 heavy (non-hydrogen) atoms. The van der Waals surface area contributed by atoms with E-state index in [0.717, 1.165) is 19.3 Å². The number of hydrogen-bond acceptors (Lipinski definition) is 5. The highest BCUT2D eigenvalue weighted by Crippen LogP contribution is 2.39. The quantitative estimate of drug-likeness (QED) is 0.634. The van der Waals surface area contributed by atoms with Gasteiger partial charge in [0.05, 0.1) is 17.6 Å². The van der Waals surface area contributed by atoms with Crippen LogP contribution in [0.4, 0.5) is 5.69 Å². The largest absolute Gasteiger partial charge is 0.465 e. The molecule has 0 saturated heterocycles. The Morgan fingerprint density at radius 1 is 1.43 bits per heavy atom. The van der Waals surface area contributed by atoms with Crippen LogP contribution in [0.3, 0.4) is 0 Å². The third-order valence-corrected chi connectivity index (χ3v) is 5.39. The molecular weight excluding hydrogens is 292 g/mol. The van der Waals surface area contributed by atoms with Gasteiger partial charge in [-0.25, -0.2) is 17.9 Å². The van der Waals surface area contributed by atoms with E-state index in [1.165, 1.54) is 25.3 Å². The zero-order chi connectivity index (χ0) is 15.7. The Hall–Kier alpha value is -1.60. The Labute approximate surface area is 124 Å². The van der Waals surface area contributed by atoms with Crippen LogP contribution in [0.25, 0.3) is 0 Å². The summed E-state index contributed by atoms with van der Waals surface area (Å²) in [4.78, 5) is 11.6. The summed E-state index contributed by atoms with van der Waals surface area (Å²) in [5.41, 5.74) is 5.90. The van der Waals surface area contributed by atoms with E-state index < -0.39 is 16.0 Å². The van der Waals surface area contributed by atoms with Gasteiger partial charge in [-0.2, -0.15) is 0 Å². The third-order valence-electron chi connectivity index (χ3n) is 3.95. The lowest BCUT2D eigenvalue weighted by molar-refractivity contribution is 0.0596. The van der Waals surface area contributed by atoms with Gasteiger partial charge in [-0.3, -0.25) is 0 Å². The standard InChI is InChI=1S/C14H20N2O4S/c1-14(6-3-7-14)9-16-21(18,19)12-8-10(15)4-5-11(12)13(17)20-2/h4-5,8,16H,3,6-7,9,15H2,1-2H3. The van der Waals surface area contributed by atoms with E-state index in [-0.39, 0.29) is 21.6 Å². The summed E-state index contributed by atoms with van der Waals surface area (Å²) in [6.45, 7) is 2.39. The van der Waals surface area contributed by atoms with Crippen LogP contribution in [0.2, 0.25) is 0 Å². The highest BCUT2D eigenvalue weighted by atomic mass is 32.2. The average molecular weight is 312 g/mol. The molecule has 1 aromatic rings. The molecule has 0 spiro atoms. The normalized spacial score (nSPS) is 17.0. The van der Waals surface area contributed by atoms with Gasteiger partial charge in [0.25, 0.3) is 0 Å². The monoisotopic (exact) mass is 312 g/mol. The summed E-state index contributed by atoms with van der Waals surface area (Å²) in [5, 5.41) is 0. The molecule has 0 atom stereocenters. The first kappa shape index (κ1) is 15.8. The molecule has 1 aliphatic carbocycles. The van der Waals surface area contributed by atoms with Crippen molar-refractivity contribution in [1.82, 2.24) is 4.72 Å². The number of ether oxygens (including phenoxy) is 1. The van der Waals surface area contributed by atoms with Gasteiger partial charge in [-0.1, -0.05) is 13.3 Å². The number of methoxy groups -OCH3 is 1. The minimum absolute atomic E-state index is 0.00117. The molecule has 0 bridgehead atoms. The second-order valence-corrected chi connectivity index (χ2v) is 7.47. The van der Waals surface area contributed by atoms with E-state index in [2.05, 4.69) is 9.46 Å². The Morgan fingerprint density at radius 2 is 2.10 bits per heavy atom. The minimum atomic E-state index is -3.81. The number of rotatable bonds is 5. The fourth-order valence-corrected chi connectivity index (χ4v) is 3.77. The summed E-state index contributed by atoms with van der Waals surface area (Å²) in [7, 11) is -2.60. The number of hydrogen-bond donors (Lipinski definition) is 2. The van der Waals surface area contributed by atoms with Crippen LogP contribution in [0, 0.1) is 5.41 Å². The molecule has 6 nitrogen and oxygen atoms in total. The van der Waals surface area contributed by atoms with Crippen LogP contribution in [0.1, 0.15) is 36.5 Å². The van der Waals surface area contributed by atoms with Crippen molar-refractivity contribution in [3.05, 3.63) is 23.8 Å². The lowest BCUT2D eigenvalue weighted by Gasteiger charge is -2.38. The molecule has 0 radical (unpaired) electrons. The number of sulfonamides is 1. The molecule has 2 rings (SSSR count). The lowest BCUT2D eigenvalue weighted by atomic mass is 9.71. The molecule has 0 unspecified atom stereocenters. The molecule has 0 heterocycles. The molecule has 1 aromatic carbocycles. The van der Waals surface area contributed by atoms with Gasteiger partial charge in [0, 0.05) is 12.2 Å². The fraction of sp³-hybridized carbons (Fsp3) is 0.500. The number of nitrogens with two attached hydrogens (primary N) is 1. The molecule has 7 heteroatoms. The molecule has 3 N–H and O–H groups in total. The van der Waals surface area contributed by atoms with Crippen LogP contribution in [0.15, 0.2) is 23.1 Å². The number of nitrogen functional groups attached to an aromatic ring is 1. The first-order chi connectivity index (χ1) is 9.77. The van der Waals surface area contributed by atoms with E-state index in [1.54, 1.807) is 0 Å². The van der Waals surface area contributed by atoms with Gasteiger partial charge in [-0.15, -0.1) is 0 Å². The van der Waals surface area contributed by atoms with E-state index in [4.69, 9.17) is 5.73 Å². The highest BCUT2D eigenvalue weighted by molar-refractivity contribution is 7.89. The summed E-state index contributed by atoms with van der Waals surface area (Å²) < 4.78 is 32.1.